The molecule has 15 heavy (non-hydrogen) atoms. The van der Waals surface area contributed by atoms with Gasteiger partial charge in [0.25, 0.3) is 0 Å². The first kappa shape index (κ1) is 11.2. The van der Waals surface area contributed by atoms with E-state index in [2.05, 4.69) is 15.7 Å². The minimum atomic E-state index is -0.748. The molecule has 4 N–H and O–H groups in total. The molecule has 1 heterocycles. The molecule has 0 aromatic carbocycles. The topological polar surface area (TPSA) is 102 Å². The molecule has 0 saturated carbocycles. The second-order valence-electron chi connectivity index (χ2n) is 2.87. The number of carbonyl (C=O) groups is 2. The number of aryl methyl sites for hydroxylation is 1. The Kier molecular flexibility index (Phi) is 3.81. The van der Waals surface area contributed by atoms with Crippen molar-refractivity contribution >= 4 is 17.6 Å². The number of amides is 2. The number of hydrogen-bond acceptors (Lipinski definition) is 4. The van der Waals surface area contributed by atoms with Crippen LogP contribution in [0.3, 0.4) is 0 Å². The van der Waals surface area contributed by atoms with Crippen LogP contribution < -0.4 is 16.4 Å². The van der Waals surface area contributed by atoms with Crippen LogP contribution >= 0.6 is 0 Å². The summed E-state index contributed by atoms with van der Waals surface area (Å²) in [5.74, 6) is -1.13. The predicted octanol–water partition coefficient (Wildman–Crippen LogP) is -1.57. The lowest BCUT2D eigenvalue weighted by Crippen LogP contribution is -2.38. The zero-order chi connectivity index (χ0) is 11.3. The minimum absolute atomic E-state index is 0.272. The Morgan fingerprint density at radius 3 is 2.80 bits per heavy atom. The fourth-order valence-corrected chi connectivity index (χ4v) is 0.921. The SMILES string of the molecule is Cn1ccc(NC(=O)C(=O)NCCN)n1. The maximum absolute atomic E-state index is 11.2. The average Bonchev–Trinajstić information content (AvgIpc) is 2.60. The van der Waals surface area contributed by atoms with E-state index >= 15 is 0 Å². The molecule has 0 fully saturated rings. The standard InChI is InChI=1S/C8H13N5O2/c1-13-5-2-6(12-13)11-8(15)7(14)10-4-3-9/h2,5H,3-4,9H2,1H3,(H,10,14)(H,11,12,15). The first-order valence-corrected chi connectivity index (χ1v) is 4.42. The molecule has 1 rings (SSSR count). The highest BCUT2D eigenvalue weighted by Crippen LogP contribution is 1.99. The lowest BCUT2D eigenvalue weighted by Gasteiger charge is -2.02. The third-order valence-corrected chi connectivity index (χ3v) is 1.59. The molecule has 0 radical (unpaired) electrons. The first-order valence-electron chi connectivity index (χ1n) is 4.42. The van der Waals surface area contributed by atoms with Gasteiger partial charge in [-0.05, 0) is 0 Å². The fraction of sp³-hybridized carbons (Fsp3) is 0.375. The van der Waals surface area contributed by atoms with Crippen molar-refractivity contribution in [2.45, 2.75) is 0 Å². The van der Waals surface area contributed by atoms with Gasteiger partial charge in [-0.1, -0.05) is 0 Å². The highest BCUT2D eigenvalue weighted by atomic mass is 16.2. The molecule has 7 heteroatoms. The molecular formula is C8H13N5O2. The number of hydrogen-bond donors (Lipinski definition) is 3. The van der Waals surface area contributed by atoms with Crippen molar-refractivity contribution in [1.82, 2.24) is 15.1 Å². The zero-order valence-corrected chi connectivity index (χ0v) is 8.36. The Balaban J connectivity index is 2.45. The van der Waals surface area contributed by atoms with E-state index in [1.165, 1.54) is 4.68 Å². The molecule has 0 unspecified atom stereocenters. The van der Waals surface area contributed by atoms with E-state index in [4.69, 9.17) is 5.73 Å². The van der Waals surface area contributed by atoms with Crippen molar-refractivity contribution in [2.75, 3.05) is 18.4 Å². The quantitative estimate of drug-likeness (QED) is 0.526. The molecule has 7 nitrogen and oxygen atoms in total. The predicted molar refractivity (Wildman–Crippen MR) is 53.9 cm³/mol. The number of carbonyl (C=O) groups excluding carboxylic acids is 2. The van der Waals surface area contributed by atoms with Gasteiger partial charge in [-0.25, -0.2) is 0 Å². The van der Waals surface area contributed by atoms with E-state index in [0.717, 1.165) is 0 Å². The highest BCUT2D eigenvalue weighted by Gasteiger charge is 2.13. The van der Waals surface area contributed by atoms with Crippen LogP contribution in [-0.4, -0.2) is 34.7 Å². The normalized spacial score (nSPS) is 9.73. The highest BCUT2D eigenvalue weighted by molar-refractivity contribution is 6.39. The van der Waals surface area contributed by atoms with Gasteiger partial charge in [-0.2, -0.15) is 5.10 Å². The maximum Gasteiger partial charge on any atom is 0.314 e. The van der Waals surface area contributed by atoms with Crippen molar-refractivity contribution in [3.05, 3.63) is 12.3 Å². The third-order valence-electron chi connectivity index (χ3n) is 1.59. The van der Waals surface area contributed by atoms with Crippen molar-refractivity contribution in [1.29, 1.82) is 0 Å². The summed E-state index contributed by atoms with van der Waals surface area (Å²) in [6.07, 6.45) is 1.66. The van der Waals surface area contributed by atoms with Crippen molar-refractivity contribution < 1.29 is 9.59 Å². The molecule has 1 aromatic rings. The van der Waals surface area contributed by atoms with Crippen LogP contribution in [0.15, 0.2) is 12.3 Å². The number of nitrogens with zero attached hydrogens (tertiary/aromatic N) is 2. The van der Waals surface area contributed by atoms with Gasteiger partial charge in [0.05, 0.1) is 0 Å². The molecule has 0 bridgehead atoms. The van der Waals surface area contributed by atoms with Gasteiger partial charge in [-0.3, -0.25) is 14.3 Å². The molecule has 0 aliphatic carbocycles. The lowest BCUT2D eigenvalue weighted by atomic mass is 10.5. The van der Waals surface area contributed by atoms with Crippen molar-refractivity contribution in [3.63, 3.8) is 0 Å². The Bertz CT molecular complexity index is 360. The van der Waals surface area contributed by atoms with Crippen LogP contribution in [0, 0.1) is 0 Å². The van der Waals surface area contributed by atoms with Crippen LogP contribution in [0.4, 0.5) is 5.82 Å². The molecule has 2 amide bonds. The largest absolute Gasteiger partial charge is 0.347 e. The number of anilines is 1. The van der Waals surface area contributed by atoms with E-state index in [-0.39, 0.29) is 6.54 Å². The van der Waals surface area contributed by atoms with Crippen LogP contribution in [0.5, 0.6) is 0 Å². The van der Waals surface area contributed by atoms with Crippen LogP contribution in [0.2, 0.25) is 0 Å². The molecular weight excluding hydrogens is 198 g/mol. The maximum atomic E-state index is 11.2. The molecule has 0 aliphatic rings. The Morgan fingerprint density at radius 2 is 2.27 bits per heavy atom. The number of rotatable bonds is 3. The van der Waals surface area contributed by atoms with Gasteiger partial charge in [0.15, 0.2) is 5.82 Å². The Labute approximate surface area is 86.6 Å². The zero-order valence-electron chi connectivity index (χ0n) is 8.36. The molecule has 0 spiro atoms. The number of nitrogens with two attached hydrogens (primary N) is 1. The van der Waals surface area contributed by atoms with Gasteiger partial charge >= 0.3 is 11.8 Å². The summed E-state index contributed by atoms with van der Waals surface area (Å²) in [5, 5.41) is 8.59. The summed E-state index contributed by atoms with van der Waals surface area (Å²) in [6.45, 7) is 0.567. The molecule has 1 aromatic heterocycles. The van der Waals surface area contributed by atoms with Gasteiger partial charge in [0.1, 0.15) is 0 Å². The number of nitrogens with one attached hydrogen (secondary N) is 2. The molecule has 0 aliphatic heterocycles. The summed E-state index contributed by atoms with van der Waals surface area (Å²) in [4.78, 5) is 22.3. The van der Waals surface area contributed by atoms with Crippen LogP contribution in [0.25, 0.3) is 0 Å². The van der Waals surface area contributed by atoms with Crippen molar-refractivity contribution in [3.8, 4) is 0 Å². The molecule has 0 saturated heterocycles. The molecule has 82 valence electrons. The van der Waals surface area contributed by atoms with Crippen molar-refractivity contribution in [2.24, 2.45) is 12.8 Å². The Hall–Kier alpha value is -1.89. The second kappa shape index (κ2) is 5.11. The summed E-state index contributed by atoms with van der Waals surface area (Å²) < 4.78 is 1.52. The van der Waals surface area contributed by atoms with Gasteiger partial charge in [-0.15, -0.1) is 0 Å². The lowest BCUT2D eigenvalue weighted by molar-refractivity contribution is -0.136. The van der Waals surface area contributed by atoms with Crippen LogP contribution in [0.1, 0.15) is 0 Å². The third kappa shape index (κ3) is 3.39. The minimum Gasteiger partial charge on any atom is -0.347 e. The Morgan fingerprint density at radius 1 is 1.53 bits per heavy atom. The number of aromatic nitrogens is 2. The summed E-state index contributed by atoms with van der Waals surface area (Å²) in [7, 11) is 1.71. The van der Waals surface area contributed by atoms with E-state index in [1.54, 1.807) is 19.3 Å². The van der Waals surface area contributed by atoms with Crippen LogP contribution in [-0.2, 0) is 16.6 Å². The second-order valence-corrected chi connectivity index (χ2v) is 2.87. The fourth-order valence-electron chi connectivity index (χ4n) is 0.921. The average molecular weight is 211 g/mol. The van der Waals surface area contributed by atoms with E-state index in [9.17, 15) is 9.59 Å². The van der Waals surface area contributed by atoms with E-state index in [1.807, 2.05) is 0 Å². The van der Waals surface area contributed by atoms with Gasteiger partial charge in [0.2, 0.25) is 0 Å². The molecule has 0 atom stereocenters. The van der Waals surface area contributed by atoms with E-state index in [0.29, 0.717) is 12.4 Å². The summed E-state index contributed by atoms with van der Waals surface area (Å²) in [5.41, 5.74) is 5.17. The smallest absolute Gasteiger partial charge is 0.314 e. The monoisotopic (exact) mass is 211 g/mol. The summed E-state index contributed by atoms with van der Waals surface area (Å²) >= 11 is 0. The van der Waals surface area contributed by atoms with Gasteiger partial charge < -0.3 is 16.4 Å². The first-order chi connectivity index (χ1) is 7.13. The van der Waals surface area contributed by atoms with E-state index < -0.39 is 11.8 Å². The summed E-state index contributed by atoms with van der Waals surface area (Å²) in [6, 6.07) is 1.59. The van der Waals surface area contributed by atoms with Gasteiger partial charge in [0, 0.05) is 32.4 Å².